The average molecular weight is 694 g/mol. The van der Waals surface area contributed by atoms with Crippen molar-refractivity contribution in [3.63, 3.8) is 0 Å². The summed E-state index contributed by atoms with van der Waals surface area (Å²) in [6, 6.07) is 67.7. The first-order valence-electron chi connectivity index (χ1n) is 18.0. The monoisotopic (exact) mass is 693 g/mol. The highest BCUT2D eigenvalue weighted by molar-refractivity contribution is 7.26. The molecule has 0 aliphatic carbocycles. The molecule has 4 heteroatoms. The zero-order valence-corrected chi connectivity index (χ0v) is 29.5. The van der Waals surface area contributed by atoms with E-state index in [-0.39, 0.29) is 0 Å². The Morgan fingerprint density at radius 3 is 1.81 bits per heavy atom. The first-order valence-corrected chi connectivity index (χ1v) is 18.8. The van der Waals surface area contributed by atoms with Gasteiger partial charge < -0.3 is 4.57 Å². The largest absolute Gasteiger partial charge is 0.309 e. The lowest BCUT2D eigenvalue weighted by Crippen LogP contribution is -1.98. The average Bonchev–Trinajstić information content (AvgIpc) is 3.91. The third kappa shape index (κ3) is 4.77. The lowest BCUT2D eigenvalue weighted by Gasteiger charge is -2.12. The molecule has 0 amide bonds. The van der Waals surface area contributed by atoms with E-state index < -0.39 is 0 Å². The Bertz CT molecular complexity index is 3150. The lowest BCUT2D eigenvalue weighted by molar-refractivity contribution is 1.10. The van der Waals surface area contributed by atoms with Crippen LogP contribution in [-0.4, -0.2) is 14.1 Å². The molecule has 3 aromatic heterocycles. The fraction of sp³-hybridized carbons (Fsp3) is 0. The zero-order valence-electron chi connectivity index (χ0n) is 28.6. The van der Waals surface area contributed by atoms with Crippen LogP contribution in [0, 0.1) is 0 Å². The van der Waals surface area contributed by atoms with Crippen LogP contribution in [0.15, 0.2) is 188 Å². The number of hydrogen-bond donors (Lipinski definition) is 0. The Hall–Kier alpha value is -6.75. The number of fused-ring (bicyclic) bond motifs is 7. The second-order valence-corrected chi connectivity index (χ2v) is 14.6. The Labute approximate surface area is 310 Å². The fourth-order valence-corrected chi connectivity index (χ4v) is 9.31. The van der Waals surface area contributed by atoms with Crippen molar-refractivity contribution in [2.24, 2.45) is 0 Å². The molecule has 0 bridgehead atoms. The normalized spacial score (nSPS) is 11.8. The number of para-hydroxylation sites is 3. The molecule has 0 atom stereocenters. The van der Waals surface area contributed by atoms with Crippen LogP contribution in [0.4, 0.5) is 0 Å². The second-order valence-electron chi connectivity index (χ2n) is 13.6. The molecule has 11 rings (SSSR count). The first-order chi connectivity index (χ1) is 26.3. The van der Waals surface area contributed by atoms with Gasteiger partial charge in [0.2, 0.25) is 0 Å². The summed E-state index contributed by atoms with van der Waals surface area (Å²) in [5.41, 5.74) is 12.6. The molecule has 11 aromatic rings. The maximum Gasteiger partial charge on any atom is 0.145 e. The maximum atomic E-state index is 5.16. The van der Waals surface area contributed by atoms with Crippen molar-refractivity contribution in [3.8, 4) is 45.0 Å². The van der Waals surface area contributed by atoms with Crippen molar-refractivity contribution in [1.82, 2.24) is 14.1 Å². The predicted octanol–water partition coefficient (Wildman–Crippen LogP) is 13.5. The van der Waals surface area contributed by atoms with E-state index in [1.807, 2.05) is 11.3 Å². The number of thiophene rings is 1. The van der Waals surface area contributed by atoms with Crippen LogP contribution < -0.4 is 0 Å². The van der Waals surface area contributed by atoms with Gasteiger partial charge in [0.1, 0.15) is 5.82 Å². The Morgan fingerprint density at radius 2 is 0.981 bits per heavy atom. The number of rotatable bonds is 5. The van der Waals surface area contributed by atoms with E-state index >= 15 is 0 Å². The molecule has 53 heavy (non-hydrogen) atoms. The van der Waals surface area contributed by atoms with Crippen molar-refractivity contribution >= 4 is 64.3 Å². The van der Waals surface area contributed by atoms with Gasteiger partial charge in [0.15, 0.2) is 0 Å². The fourth-order valence-electron chi connectivity index (χ4n) is 8.07. The van der Waals surface area contributed by atoms with Crippen LogP contribution in [0.3, 0.4) is 0 Å². The van der Waals surface area contributed by atoms with Crippen molar-refractivity contribution in [3.05, 3.63) is 188 Å². The number of imidazole rings is 1. The summed E-state index contributed by atoms with van der Waals surface area (Å²) in [4.78, 5) is 5.16. The minimum atomic E-state index is 0.924. The van der Waals surface area contributed by atoms with Crippen LogP contribution in [0.25, 0.3) is 98.0 Å². The molecular weight excluding hydrogens is 663 g/mol. The van der Waals surface area contributed by atoms with Crippen molar-refractivity contribution in [2.75, 3.05) is 0 Å². The van der Waals surface area contributed by atoms with Gasteiger partial charge in [-0.05, 0) is 95.1 Å². The second kappa shape index (κ2) is 11.9. The highest BCUT2D eigenvalue weighted by atomic mass is 32.1. The smallest absolute Gasteiger partial charge is 0.145 e. The summed E-state index contributed by atoms with van der Waals surface area (Å²) in [5, 5.41) is 5.15. The lowest BCUT2D eigenvalue weighted by atomic mass is 10.0. The predicted molar refractivity (Wildman–Crippen MR) is 225 cm³/mol. The maximum absolute atomic E-state index is 5.16. The Kier molecular flexibility index (Phi) is 6.73. The van der Waals surface area contributed by atoms with Gasteiger partial charge in [-0.1, -0.05) is 115 Å². The van der Waals surface area contributed by atoms with Gasteiger partial charge in [-0.2, -0.15) is 0 Å². The SMILES string of the molecule is c1ccc(-c2ccc(-n3c(-c4ccc(-n5c6ccccc6c6cc(-c7cccc8c7sc7ccccc78)ccc65)cc4)nc4ccccc43)cc2)cc1. The van der Waals surface area contributed by atoms with Crippen LogP contribution in [-0.2, 0) is 0 Å². The molecule has 0 N–H and O–H groups in total. The number of benzene rings is 8. The van der Waals surface area contributed by atoms with Gasteiger partial charge in [-0.15, -0.1) is 11.3 Å². The summed E-state index contributed by atoms with van der Waals surface area (Å²) >= 11 is 1.88. The van der Waals surface area contributed by atoms with Crippen molar-refractivity contribution < 1.29 is 0 Å². The molecule has 0 unspecified atom stereocenters. The van der Waals surface area contributed by atoms with Gasteiger partial charge in [0.25, 0.3) is 0 Å². The highest BCUT2D eigenvalue weighted by Gasteiger charge is 2.18. The molecule has 0 radical (unpaired) electrons. The van der Waals surface area contributed by atoms with E-state index in [0.29, 0.717) is 0 Å². The quantitative estimate of drug-likeness (QED) is 0.176. The van der Waals surface area contributed by atoms with Crippen LogP contribution in [0.5, 0.6) is 0 Å². The van der Waals surface area contributed by atoms with E-state index in [1.54, 1.807) is 0 Å². The highest BCUT2D eigenvalue weighted by Crippen LogP contribution is 2.42. The van der Waals surface area contributed by atoms with Gasteiger partial charge in [-0.25, -0.2) is 4.98 Å². The van der Waals surface area contributed by atoms with E-state index in [0.717, 1.165) is 33.8 Å². The molecule has 248 valence electrons. The van der Waals surface area contributed by atoms with E-state index in [4.69, 9.17) is 4.98 Å². The van der Waals surface area contributed by atoms with E-state index in [9.17, 15) is 0 Å². The third-order valence-electron chi connectivity index (χ3n) is 10.6. The summed E-state index contributed by atoms with van der Waals surface area (Å²) in [5.74, 6) is 0.924. The van der Waals surface area contributed by atoms with Crippen LogP contribution in [0.1, 0.15) is 0 Å². The summed E-state index contributed by atoms with van der Waals surface area (Å²) in [7, 11) is 0. The number of aromatic nitrogens is 3. The molecule has 0 aliphatic heterocycles. The minimum Gasteiger partial charge on any atom is -0.309 e. The summed E-state index contributed by atoms with van der Waals surface area (Å²) in [6.45, 7) is 0. The van der Waals surface area contributed by atoms with E-state index in [2.05, 4.69) is 197 Å². The van der Waals surface area contributed by atoms with Gasteiger partial charge in [-0.3, -0.25) is 4.57 Å². The van der Waals surface area contributed by atoms with E-state index in [1.165, 1.54) is 64.2 Å². The molecule has 0 spiro atoms. The molecule has 0 saturated heterocycles. The van der Waals surface area contributed by atoms with Crippen molar-refractivity contribution in [2.45, 2.75) is 0 Å². The Balaban J connectivity index is 1.02. The third-order valence-corrected chi connectivity index (χ3v) is 11.8. The summed E-state index contributed by atoms with van der Waals surface area (Å²) < 4.78 is 7.33. The minimum absolute atomic E-state index is 0.924. The van der Waals surface area contributed by atoms with Crippen LogP contribution >= 0.6 is 11.3 Å². The molecule has 0 aliphatic rings. The zero-order chi connectivity index (χ0) is 34.9. The number of nitrogens with zero attached hydrogens (tertiary/aromatic N) is 3. The molecular formula is C49H31N3S. The number of hydrogen-bond acceptors (Lipinski definition) is 2. The Morgan fingerprint density at radius 1 is 0.377 bits per heavy atom. The molecule has 3 heterocycles. The first kappa shape index (κ1) is 29.9. The van der Waals surface area contributed by atoms with Gasteiger partial charge in [0, 0.05) is 47.9 Å². The van der Waals surface area contributed by atoms with Crippen molar-refractivity contribution in [1.29, 1.82) is 0 Å². The standard InChI is InChI=1S/C49H31N3S/c1-2-11-32(12-3-1)33-21-26-37(27-22-33)52-46-19-8-6-17-43(46)50-49(52)34-23-28-36(29-24-34)51-44-18-7-4-13-39(44)42-31-35(25-30-45(42)51)38-15-10-16-41-40-14-5-9-20-47(40)53-48(38)41/h1-31H. The molecule has 3 nitrogen and oxygen atoms in total. The molecule has 0 saturated carbocycles. The molecule has 8 aromatic carbocycles. The van der Waals surface area contributed by atoms with Crippen LogP contribution in [0.2, 0.25) is 0 Å². The molecule has 0 fully saturated rings. The van der Waals surface area contributed by atoms with Gasteiger partial charge >= 0.3 is 0 Å². The topological polar surface area (TPSA) is 22.8 Å². The van der Waals surface area contributed by atoms with Gasteiger partial charge in [0.05, 0.1) is 22.1 Å². The summed E-state index contributed by atoms with van der Waals surface area (Å²) in [6.07, 6.45) is 0.